The molecule has 0 fully saturated rings. The van der Waals surface area contributed by atoms with Gasteiger partial charge in [-0.3, -0.25) is 4.98 Å². The highest BCUT2D eigenvalue weighted by molar-refractivity contribution is 7.71. The number of hydrogen-bond acceptors (Lipinski definition) is 3. The van der Waals surface area contributed by atoms with Crippen LogP contribution >= 0.6 is 47.0 Å². The molecule has 0 radical (unpaired) electrons. The minimum absolute atomic E-state index is 0.257. The molecule has 0 saturated carbocycles. The van der Waals surface area contributed by atoms with Gasteiger partial charge in [0, 0.05) is 21.5 Å². The lowest BCUT2D eigenvalue weighted by Gasteiger charge is -2.11. The van der Waals surface area contributed by atoms with E-state index in [-0.39, 0.29) is 4.64 Å². The van der Waals surface area contributed by atoms with Gasteiger partial charge >= 0.3 is 5.69 Å². The molecule has 24 heavy (non-hydrogen) atoms. The first-order valence-corrected chi connectivity index (χ1v) is 8.39. The van der Waals surface area contributed by atoms with E-state index in [1.807, 2.05) is 24.3 Å². The van der Waals surface area contributed by atoms with Gasteiger partial charge in [-0.25, -0.2) is 4.79 Å². The fourth-order valence-electron chi connectivity index (χ4n) is 2.22. The number of nitrogens with zero attached hydrogens (tertiary/aromatic N) is 2. The van der Waals surface area contributed by atoms with Crippen molar-refractivity contribution in [2.45, 2.75) is 6.42 Å². The number of nitrogens with one attached hydrogen (secondary N) is 1. The van der Waals surface area contributed by atoms with Crippen LogP contribution in [0.2, 0.25) is 15.1 Å². The Bertz CT molecular complexity index is 989. The molecule has 1 N–H and O–H groups in total. The van der Waals surface area contributed by atoms with E-state index in [0.717, 1.165) is 15.8 Å². The quantitative estimate of drug-likeness (QED) is 0.642. The van der Waals surface area contributed by atoms with Crippen molar-refractivity contribution in [3.05, 3.63) is 83.9 Å². The molecule has 1 aromatic heterocycles. The first kappa shape index (κ1) is 17.2. The Morgan fingerprint density at radius 1 is 1.08 bits per heavy atom. The third-order valence-electron chi connectivity index (χ3n) is 3.38. The molecule has 0 saturated heterocycles. The van der Waals surface area contributed by atoms with Gasteiger partial charge in [-0.2, -0.15) is 9.78 Å². The van der Waals surface area contributed by atoms with E-state index < -0.39 is 5.69 Å². The topological polar surface area (TPSA) is 50.7 Å². The summed E-state index contributed by atoms with van der Waals surface area (Å²) in [6, 6.07) is 10.7. The van der Waals surface area contributed by atoms with Crippen LogP contribution in [0.5, 0.6) is 0 Å². The number of aromatic nitrogens is 3. The molecule has 1 heterocycles. The normalized spacial score (nSPS) is 10.8. The second-order valence-corrected chi connectivity index (χ2v) is 6.73. The summed E-state index contributed by atoms with van der Waals surface area (Å²) in [6.45, 7) is 0. The summed E-state index contributed by atoms with van der Waals surface area (Å²) in [5.41, 5.74) is 1.79. The second-order valence-electron chi connectivity index (χ2n) is 5.04. The maximum absolute atomic E-state index is 12.0. The van der Waals surface area contributed by atoms with Crippen LogP contribution in [-0.2, 0) is 6.42 Å². The minimum Gasteiger partial charge on any atom is -0.295 e. The van der Waals surface area contributed by atoms with Crippen LogP contribution in [0.3, 0.4) is 0 Å². The molecule has 3 aromatic rings. The van der Waals surface area contributed by atoms with Crippen LogP contribution in [-0.4, -0.2) is 14.8 Å². The van der Waals surface area contributed by atoms with Crippen LogP contribution < -0.4 is 5.69 Å². The van der Waals surface area contributed by atoms with E-state index in [2.05, 4.69) is 10.1 Å². The summed E-state index contributed by atoms with van der Waals surface area (Å²) in [6.07, 6.45) is 1.93. The average Bonchev–Trinajstić information content (AvgIpc) is 2.52. The van der Waals surface area contributed by atoms with Crippen LogP contribution in [0.4, 0.5) is 0 Å². The largest absolute Gasteiger partial charge is 0.347 e. The molecule has 122 valence electrons. The first-order valence-electron chi connectivity index (χ1n) is 6.85. The highest BCUT2D eigenvalue weighted by Crippen LogP contribution is 2.30. The van der Waals surface area contributed by atoms with Gasteiger partial charge in [-0.1, -0.05) is 59.2 Å². The Balaban J connectivity index is 2.01. The third-order valence-corrected chi connectivity index (χ3v) is 4.51. The Morgan fingerprint density at radius 2 is 1.71 bits per heavy atom. The van der Waals surface area contributed by atoms with Gasteiger partial charge in [0.15, 0.2) is 0 Å². The van der Waals surface area contributed by atoms with E-state index in [1.165, 1.54) is 6.20 Å². The molecule has 0 atom stereocenters. The number of hydrogen-bond donors (Lipinski definition) is 1. The van der Waals surface area contributed by atoms with E-state index >= 15 is 0 Å². The van der Waals surface area contributed by atoms with Crippen molar-refractivity contribution in [3.63, 3.8) is 0 Å². The fraction of sp³-hybridized carbons (Fsp3) is 0.0625. The van der Waals surface area contributed by atoms with Crippen molar-refractivity contribution in [3.8, 4) is 5.69 Å². The fourth-order valence-corrected chi connectivity index (χ4v) is 3.09. The highest BCUT2D eigenvalue weighted by atomic mass is 35.5. The van der Waals surface area contributed by atoms with Gasteiger partial charge < -0.3 is 0 Å². The monoisotopic (exact) mass is 397 g/mol. The number of benzene rings is 2. The van der Waals surface area contributed by atoms with Gasteiger partial charge in [0.25, 0.3) is 0 Å². The van der Waals surface area contributed by atoms with Gasteiger partial charge in [0.2, 0.25) is 0 Å². The number of aromatic amines is 1. The number of rotatable bonds is 3. The van der Waals surface area contributed by atoms with Gasteiger partial charge in [-0.15, -0.1) is 0 Å². The second kappa shape index (κ2) is 7.07. The molecule has 0 spiro atoms. The minimum atomic E-state index is -0.458. The molecular formula is C16H10Cl3N3OS. The number of halogens is 3. The zero-order valence-corrected chi connectivity index (χ0v) is 15.2. The van der Waals surface area contributed by atoms with Crippen molar-refractivity contribution in [2.24, 2.45) is 0 Å². The zero-order chi connectivity index (χ0) is 17.3. The summed E-state index contributed by atoms with van der Waals surface area (Å²) in [5.74, 6) is 0. The summed E-state index contributed by atoms with van der Waals surface area (Å²) in [5, 5.41) is 5.55. The Morgan fingerprint density at radius 3 is 2.29 bits per heavy atom. The summed E-state index contributed by atoms with van der Waals surface area (Å²) in [4.78, 5) is 14.4. The van der Waals surface area contributed by atoms with E-state index in [4.69, 9.17) is 47.0 Å². The Hall–Kier alpha value is -1.66. The van der Waals surface area contributed by atoms with Crippen molar-refractivity contribution < 1.29 is 0 Å². The summed E-state index contributed by atoms with van der Waals surface area (Å²) in [7, 11) is 0. The predicted molar refractivity (Wildman–Crippen MR) is 99.3 cm³/mol. The maximum Gasteiger partial charge on any atom is 0.347 e. The molecule has 0 aliphatic carbocycles. The van der Waals surface area contributed by atoms with Crippen molar-refractivity contribution >= 4 is 47.0 Å². The molecule has 0 bridgehead atoms. The highest BCUT2D eigenvalue weighted by Gasteiger charge is 2.12. The molecular weight excluding hydrogens is 389 g/mol. The molecule has 4 nitrogen and oxygen atoms in total. The lowest BCUT2D eigenvalue weighted by atomic mass is 10.0. The van der Waals surface area contributed by atoms with Crippen LogP contribution in [0.15, 0.2) is 47.4 Å². The smallest absolute Gasteiger partial charge is 0.295 e. The summed E-state index contributed by atoms with van der Waals surface area (Å²) >= 11 is 23.5. The molecule has 2 aromatic carbocycles. The standard InChI is InChI=1S/C16H10Cl3N3OS/c17-10-3-1-9(2-4-10)5-12-13(18)6-11(7-14(12)19)22-16(23)21-15(24)8-20-22/h1-4,6-8H,5H2,(H,21,23,24). The van der Waals surface area contributed by atoms with Gasteiger partial charge in [0.1, 0.15) is 4.64 Å². The molecule has 8 heteroatoms. The van der Waals surface area contributed by atoms with Gasteiger partial charge in [-0.05, 0) is 35.4 Å². The number of H-pyrrole nitrogens is 1. The molecule has 3 rings (SSSR count). The molecule has 0 unspecified atom stereocenters. The average molecular weight is 399 g/mol. The zero-order valence-electron chi connectivity index (χ0n) is 12.1. The first-order chi connectivity index (χ1) is 11.4. The van der Waals surface area contributed by atoms with Crippen molar-refractivity contribution in [1.29, 1.82) is 0 Å². The summed E-state index contributed by atoms with van der Waals surface area (Å²) < 4.78 is 1.41. The maximum atomic E-state index is 12.0. The van der Waals surface area contributed by atoms with Crippen molar-refractivity contribution in [1.82, 2.24) is 14.8 Å². The van der Waals surface area contributed by atoms with Crippen LogP contribution in [0.25, 0.3) is 5.69 Å². The molecule has 0 aliphatic rings. The third kappa shape index (κ3) is 3.70. The van der Waals surface area contributed by atoms with E-state index in [0.29, 0.717) is 27.2 Å². The Kier molecular flexibility index (Phi) is 5.06. The predicted octanol–water partition coefficient (Wildman–Crippen LogP) is 4.84. The van der Waals surface area contributed by atoms with E-state index in [9.17, 15) is 4.79 Å². The van der Waals surface area contributed by atoms with Crippen LogP contribution in [0.1, 0.15) is 11.1 Å². The molecule has 0 amide bonds. The SMILES string of the molecule is O=c1[nH]c(=S)cnn1-c1cc(Cl)c(Cc2ccc(Cl)cc2)c(Cl)c1. The Labute approximate surface area is 157 Å². The van der Waals surface area contributed by atoms with Gasteiger partial charge in [0.05, 0.1) is 11.9 Å². The van der Waals surface area contributed by atoms with Crippen LogP contribution in [0, 0.1) is 4.64 Å². The lowest BCUT2D eigenvalue weighted by Crippen LogP contribution is -2.23. The lowest BCUT2D eigenvalue weighted by molar-refractivity contribution is 0.757. The van der Waals surface area contributed by atoms with E-state index in [1.54, 1.807) is 12.1 Å². The van der Waals surface area contributed by atoms with Crippen molar-refractivity contribution in [2.75, 3.05) is 0 Å². The molecule has 0 aliphatic heterocycles.